The molecule has 0 aliphatic carbocycles. The summed E-state index contributed by atoms with van der Waals surface area (Å²) < 4.78 is 9.98. The Kier molecular flexibility index (Phi) is 7.84. The third kappa shape index (κ3) is 7.75. The van der Waals surface area contributed by atoms with Crippen LogP contribution in [0, 0.1) is 0 Å². The predicted octanol–water partition coefficient (Wildman–Crippen LogP) is 2.25. The van der Waals surface area contributed by atoms with E-state index < -0.39 is 0 Å². The van der Waals surface area contributed by atoms with Crippen molar-refractivity contribution in [2.75, 3.05) is 0 Å². The van der Waals surface area contributed by atoms with Crippen LogP contribution in [0.3, 0.4) is 0 Å². The van der Waals surface area contributed by atoms with Crippen molar-refractivity contribution < 1.29 is 9.32 Å². The highest BCUT2D eigenvalue weighted by Gasteiger charge is 1.92. The molecular formula is C8H16O2S. The fourth-order valence-corrected chi connectivity index (χ4v) is 1.15. The van der Waals surface area contributed by atoms with Gasteiger partial charge in [-0.1, -0.05) is 32.6 Å². The Labute approximate surface area is 71.7 Å². The lowest BCUT2D eigenvalue weighted by atomic mass is 10.1. The van der Waals surface area contributed by atoms with Crippen LogP contribution in [-0.2, 0) is 11.3 Å². The molecule has 11 heavy (non-hydrogen) atoms. The zero-order valence-corrected chi connectivity index (χ0v) is 7.82. The first-order chi connectivity index (χ1) is 5.31. The predicted molar refractivity (Wildman–Crippen MR) is 49.2 cm³/mol. The van der Waals surface area contributed by atoms with E-state index in [9.17, 15) is 4.21 Å². The molecule has 0 heterocycles. The first-order valence-corrected chi connectivity index (χ1v) is 4.90. The van der Waals surface area contributed by atoms with Crippen LogP contribution in [0.25, 0.3) is 0 Å². The van der Waals surface area contributed by atoms with Gasteiger partial charge in [-0.2, -0.15) is 0 Å². The zero-order valence-electron chi connectivity index (χ0n) is 7.01. The summed E-state index contributed by atoms with van der Waals surface area (Å²) in [5, 5.41) is 8.81. The second-order valence-corrected chi connectivity index (χ2v) is 3.28. The maximum atomic E-state index is 9.98. The molecule has 0 aromatic rings. The number of hydrogen-bond acceptors (Lipinski definition) is 1. The van der Waals surface area contributed by atoms with Crippen molar-refractivity contribution in [3.05, 3.63) is 0 Å². The van der Waals surface area contributed by atoms with Crippen molar-refractivity contribution in [3.8, 4) is 0 Å². The molecule has 0 atom stereocenters. The second kappa shape index (κ2) is 7.95. The molecule has 0 unspecified atom stereocenters. The molecule has 0 spiro atoms. The Morgan fingerprint density at radius 3 is 2.45 bits per heavy atom. The largest absolute Gasteiger partial charge is 0.353 e. The summed E-state index contributed by atoms with van der Waals surface area (Å²) in [4.78, 5) is 0. The molecule has 0 rings (SSSR count). The molecular weight excluding hydrogens is 160 g/mol. The summed E-state index contributed by atoms with van der Waals surface area (Å²) in [6, 6.07) is 0. The van der Waals surface area contributed by atoms with Gasteiger partial charge in [0, 0.05) is 6.42 Å². The van der Waals surface area contributed by atoms with Gasteiger partial charge in [0.25, 0.3) is 0 Å². The summed E-state index contributed by atoms with van der Waals surface area (Å²) in [7, 11) is 0. The van der Waals surface area contributed by atoms with Gasteiger partial charge >= 0.3 is 0 Å². The molecule has 0 saturated carbocycles. The minimum Gasteiger partial charge on any atom is -0.353 e. The fourth-order valence-electron chi connectivity index (χ4n) is 0.921. The average Bonchev–Trinajstić information content (AvgIpc) is 2.04. The van der Waals surface area contributed by atoms with E-state index in [4.69, 9.17) is 5.11 Å². The van der Waals surface area contributed by atoms with E-state index >= 15 is 0 Å². The molecule has 0 aliphatic rings. The smallest absolute Gasteiger partial charge is 0.142 e. The van der Waals surface area contributed by atoms with Crippen LogP contribution in [0.4, 0.5) is 0 Å². The zero-order chi connectivity index (χ0) is 8.53. The van der Waals surface area contributed by atoms with E-state index in [1.54, 1.807) is 0 Å². The molecule has 0 aromatic carbocycles. The van der Waals surface area contributed by atoms with Crippen LogP contribution in [0.2, 0.25) is 0 Å². The fraction of sp³-hybridized carbons (Fsp3) is 0.875. The first kappa shape index (κ1) is 10.8. The van der Waals surface area contributed by atoms with Crippen molar-refractivity contribution in [3.63, 3.8) is 0 Å². The van der Waals surface area contributed by atoms with Gasteiger partial charge in [-0.25, -0.2) is 4.21 Å². The highest BCUT2D eigenvalue weighted by Crippen LogP contribution is 2.04. The van der Waals surface area contributed by atoms with E-state index in [0.29, 0.717) is 6.42 Å². The van der Waals surface area contributed by atoms with E-state index in [1.165, 1.54) is 19.3 Å². The summed E-state index contributed by atoms with van der Waals surface area (Å²) >= 11 is 0.211. The molecule has 0 bridgehead atoms. The van der Waals surface area contributed by atoms with Gasteiger partial charge in [0.1, 0.15) is 16.3 Å². The summed E-state index contributed by atoms with van der Waals surface area (Å²) in [5.41, 5.74) is 0. The van der Waals surface area contributed by atoms with Crippen LogP contribution in [0.5, 0.6) is 0 Å². The normalized spacial score (nSPS) is 9.64. The lowest BCUT2D eigenvalue weighted by Gasteiger charge is -1.96. The molecule has 0 amide bonds. The van der Waals surface area contributed by atoms with Gasteiger partial charge in [0.2, 0.25) is 0 Å². The van der Waals surface area contributed by atoms with Gasteiger partial charge in [-0.15, -0.1) is 0 Å². The first-order valence-electron chi connectivity index (χ1n) is 4.16. The van der Waals surface area contributed by atoms with Crippen LogP contribution in [0.1, 0.15) is 45.4 Å². The molecule has 3 heteroatoms. The second-order valence-electron chi connectivity index (χ2n) is 2.64. The van der Waals surface area contributed by atoms with Crippen molar-refractivity contribution in [2.45, 2.75) is 45.4 Å². The van der Waals surface area contributed by atoms with Crippen LogP contribution in [0.15, 0.2) is 0 Å². The lowest BCUT2D eigenvalue weighted by Crippen LogP contribution is -1.94. The lowest BCUT2D eigenvalue weighted by molar-refractivity contribution is 0.532. The Bertz CT molecular complexity index is 139. The van der Waals surface area contributed by atoms with Gasteiger partial charge in [0.05, 0.1) is 0 Å². The van der Waals surface area contributed by atoms with Crippen LogP contribution in [-0.4, -0.2) is 14.4 Å². The third-order valence-corrected chi connectivity index (χ3v) is 1.99. The maximum Gasteiger partial charge on any atom is 0.142 e. The highest BCUT2D eigenvalue weighted by molar-refractivity contribution is 7.66. The van der Waals surface area contributed by atoms with Crippen molar-refractivity contribution in [2.24, 2.45) is 0 Å². The highest BCUT2D eigenvalue weighted by atomic mass is 32.1. The summed E-state index contributed by atoms with van der Waals surface area (Å²) in [6.07, 6.45) is 6.34. The average molecular weight is 176 g/mol. The number of aliphatic hydroxyl groups excluding tert-OH is 1. The maximum absolute atomic E-state index is 9.98. The third-order valence-electron chi connectivity index (χ3n) is 1.59. The van der Waals surface area contributed by atoms with Crippen molar-refractivity contribution in [1.29, 1.82) is 0 Å². The summed E-state index contributed by atoms with van der Waals surface area (Å²) in [5.74, 6) is 0. The van der Waals surface area contributed by atoms with Gasteiger partial charge in [-0.3, -0.25) is 0 Å². The molecule has 0 radical (unpaired) electrons. The molecule has 66 valence electrons. The quantitative estimate of drug-likeness (QED) is 0.498. The molecule has 0 aromatic heterocycles. The number of rotatable bonds is 6. The molecule has 2 nitrogen and oxygen atoms in total. The molecule has 0 saturated heterocycles. The Balaban J connectivity index is 3.08. The minimum atomic E-state index is 0.0292. The standard InChI is InChI=1S/C8H16O2S/c1-2-3-4-5-6-7-8(9)11-10/h9H,2-7H2,1H3. The van der Waals surface area contributed by atoms with Gasteiger partial charge in [0.15, 0.2) is 0 Å². The number of aliphatic hydroxyl groups is 1. The number of hydrogen-bond donors (Lipinski definition) is 1. The Morgan fingerprint density at radius 2 is 1.91 bits per heavy atom. The van der Waals surface area contributed by atoms with E-state index in [0.717, 1.165) is 12.8 Å². The van der Waals surface area contributed by atoms with Gasteiger partial charge in [-0.05, 0) is 6.42 Å². The van der Waals surface area contributed by atoms with Crippen molar-refractivity contribution in [1.82, 2.24) is 0 Å². The molecule has 1 N–H and O–H groups in total. The Morgan fingerprint density at radius 1 is 1.27 bits per heavy atom. The van der Waals surface area contributed by atoms with Crippen molar-refractivity contribution >= 4 is 16.3 Å². The topological polar surface area (TPSA) is 37.3 Å². The minimum absolute atomic E-state index is 0.0292. The van der Waals surface area contributed by atoms with Crippen LogP contribution < -0.4 is 0 Å². The van der Waals surface area contributed by atoms with E-state index in [2.05, 4.69) is 6.92 Å². The van der Waals surface area contributed by atoms with Crippen LogP contribution >= 0.6 is 0 Å². The molecule has 0 aliphatic heterocycles. The Hall–Kier alpha value is -0.150. The number of unbranched alkanes of at least 4 members (excludes halogenated alkanes) is 4. The van der Waals surface area contributed by atoms with E-state index in [1.807, 2.05) is 0 Å². The monoisotopic (exact) mass is 176 g/mol. The molecule has 0 fully saturated rings. The van der Waals surface area contributed by atoms with Gasteiger partial charge < -0.3 is 5.11 Å². The SMILES string of the molecule is CCCCCCCC(O)=S=O. The summed E-state index contributed by atoms with van der Waals surface area (Å²) in [6.45, 7) is 2.16. The van der Waals surface area contributed by atoms with E-state index in [-0.39, 0.29) is 16.3 Å².